The molecule has 6 heteroatoms. The smallest absolute Gasteiger partial charge is 0.408 e. The topological polar surface area (TPSA) is 58.6 Å². The Morgan fingerprint density at radius 2 is 1.95 bits per heavy atom. The molecule has 1 N–H and O–H groups in total. The first-order chi connectivity index (χ1) is 9.71. The molecule has 124 valence electrons. The van der Waals surface area contributed by atoms with Crippen molar-refractivity contribution in [2.75, 3.05) is 25.6 Å². The van der Waals surface area contributed by atoms with E-state index in [4.69, 9.17) is 4.74 Å². The van der Waals surface area contributed by atoms with Crippen LogP contribution >= 0.6 is 11.8 Å². The summed E-state index contributed by atoms with van der Waals surface area (Å²) in [6.07, 6.45) is 4.05. The lowest BCUT2D eigenvalue weighted by Gasteiger charge is -2.26. The van der Waals surface area contributed by atoms with Gasteiger partial charge in [0.15, 0.2) is 0 Å². The SMILES string of the molecule is CCCCN(C)C(=O)C(CCSC)NC(=O)OC(C)(C)C. The van der Waals surface area contributed by atoms with Gasteiger partial charge in [-0.1, -0.05) is 13.3 Å². The van der Waals surface area contributed by atoms with E-state index in [2.05, 4.69) is 12.2 Å². The summed E-state index contributed by atoms with van der Waals surface area (Å²) in [5.74, 6) is 0.761. The predicted molar refractivity (Wildman–Crippen MR) is 88.7 cm³/mol. The highest BCUT2D eigenvalue weighted by atomic mass is 32.2. The van der Waals surface area contributed by atoms with Crippen molar-refractivity contribution < 1.29 is 14.3 Å². The molecule has 5 nitrogen and oxygen atoms in total. The average Bonchev–Trinajstić information content (AvgIpc) is 2.37. The van der Waals surface area contributed by atoms with E-state index < -0.39 is 17.7 Å². The van der Waals surface area contributed by atoms with Crippen molar-refractivity contribution >= 4 is 23.8 Å². The molecule has 0 fully saturated rings. The third-order valence-corrected chi connectivity index (χ3v) is 3.47. The van der Waals surface area contributed by atoms with Gasteiger partial charge in [-0.15, -0.1) is 0 Å². The number of hydrogen-bond acceptors (Lipinski definition) is 4. The fraction of sp³-hybridized carbons (Fsp3) is 0.867. The van der Waals surface area contributed by atoms with E-state index in [1.807, 2.05) is 6.26 Å². The molecule has 0 aromatic heterocycles. The van der Waals surface area contributed by atoms with Crippen LogP contribution < -0.4 is 5.32 Å². The first kappa shape index (κ1) is 20.1. The van der Waals surface area contributed by atoms with Crippen molar-refractivity contribution in [3.8, 4) is 0 Å². The van der Waals surface area contributed by atoms with Crippen molar-refractivity contribution in [3.63, 3.8) is 0 Å². The van der Waals surface area contributed by atoms with Gasteiger partial charge in [0.05, 0.1) is 0 Å². The molecule has 0 spiro atoms. The number of amides is 2. The Hall–Kier alpha value is -0.910. The zero-order chi connectivity index (χ0) is 16.5. The van der Waals surface area contributed by atoms with E-state index in [-0.39, 0.29) is 5.91 Å². The molecule has 0 aliphatic heterocycles. The van der Waals surface area contributed by atoms with E-state index in [9.17, 15) is 9.59 Å². The number of alkyl carbamates (subject to hydrolysis) is 1. The zero-order valence-electron chi connectivity index (χ0n) is 14.2. The Labute approximate surface area is 133 Å². The number of rotatable bonds is 8. The highest BCUT2D eigenvalue weighted by Crippen LogP contribution is 2.09. The molecule has 0 aromatic carbocycles. The number of carbonyl (C=O) groups excluding carboxylic acids is 2. The number of carbonyl (C=O) groups is 2. The molecule has 0 heterocycles. The van der Waals surface area contributed by atoms with Crippen LogP contribution in [0, 0.1) is 0 Å². The van der Waals surface area contributed by atoms with Crippen LogP contribution in [-0.4, -0.2) is 54.1 Å². The number of ether oxygens (including phenoxy) is 1. The second-order valence-electron chi connectivity index (χ2n) is 6.09. The molecule has 0 bridgehead atoms. The summed E-state index contributed by atoms with van der Waals surface area (Å²) >= 11 is 1.65. The van der Waals surface area contributed by atoms with Gasteiger partial charge in [-0.2, -0.15) is 11.8 Å². The van der Waals surface area contributed by atoms with Crippen molar-refractivity contribution in [2.24, 2.45) is 0 Å². The van der Waals surface area contributed by atoms with Gasteiger partial charge in [0.1, 0.15) is 11.6 Å². The molecule has 2 amide bonds. The van der Waals surface area contributed by atoms with Crippen LogP contribution in [0.4, 0.5) is 4.79 Å². The van der Waals surface area contributed by atoms with Gasteiger partial charge in [-0.3, -0.25) is 4.79 Å². The number of hydrogen-bond donors (Lipinski definition) is 1. The van der Waals surface area contributed by atoms with Gasteiger partial charge in [0.25, 0.3) is 0 Å². The van der Waals surface area contributed by atoms with Crippen LogP contribution in [0.2, 0.25) is 0 Å². The van der Waals surface area contributed by atoms with Crippen LogP contribution in [0.1, 0.15) is 47.0 Å². The molecular weight excluding hydrogens is 288 g/mol. The molecule has 0 aromatic rings. The first-order valence-electron chi connectivity index (χ1n) is 7.44. The number of thioether (sulfide) groups is 1. The Balaban J connectivity index is 4.63. The maximum absolute atomic E-state index is 12.4. The zero-order valence-corrected chi connectivity index (χ0v) is 15.0. The Kier molecular flexibility index (Phi) is 9.49. The van der Waals surface area contributed by atoms with Gasteiger partial charge in [0, 0.05) is 13.6 Å². The number of likely N-dealkylation sites (N-methyl/N-ethyl adjacent to an activating group) is 1. The lowest BCUT2D eigenvalue weighted by Crippen LogP contribution is -2.49. The van der Waals surface area contributed by atoms with Crippen molar-refractivity contribution in [3.05, 3.63) is 0 Å². The third kappa shape index (κ3) is 9.61. The van der Waals surface area contributed by atoms with Crippen molar-refractivity contribution in [2.45, 2.75) is 58.6 Å². The van der Waals surface area contributed by atoms with Gasteiger partial charge in [0.2, 0.25) is 5.91 Å². The van der Waals surface area contributed by atoms with E-state index in [0.717, 1.165) is 18.6 Å². The third-order valence-electron chi connectivity index (χ3n) is 2.82. The summed E-state index contributed by atoms with van der Waals surface area (Å²) in [4.78, 5) is 26.0. The maximum Gasteiger partial charge on any atom is 0.408 e. The van der Waals surface area contributed by atoms with Crippen LogP contribution in [0.3, 0.4) is 0 Å². The molecule has 1 unspecified atom stereocenters. The minimum absolute atomic E-state index is 0.0524. The molecule has 0 aliphatic rings. The molecule has 21 heavy (non-hydrogen) atoms. The second-order valence-corrected chi connectivity index (χ2v) is 7.08. The summed E-state index contributed by atoms with van der Waals surface area (Å²) in [7, 11) is 1.78. The van der Waals surface area contributed by atoms with E-state index in [1.165, 1.54) is 0 Å². The van der Waals surface area contributed by atoms with Crippen molar-refractivity contribution in [1.29, 1.82) is 0 Å². The Morgan fingerprint density at radius 3 is 2.43 bits per heavy atom. The van der Waals surface area contributed by atoms with Crippen LogP contribution in [0.25, 0.3) is 0 Å². The van der Waals surface area contributed by atoms with E-state index >= 15 is 0 Å². The summed E-state index contributed by atoms with van der Waals surface area (Å²) in [5, 5.41) is 2.70. The van der Waals surface area contributed by atoms with Gasteiger partial charge in [-0.05, 0) is 45.6 Å². The van der Waals surface area contributed by atoms with Gasteiger partial charge >= 0.3 is 6.09 Å². The summed E-state index contributed by atoms with van der Waals surface area (Å²) in [6.45, 7) is 8.21. The molecule has 0 radical (unpaired) electrons. The molecule has 1 atom stereocenters. The van der Waals surface area contributed by atoms with Gasteiger partial charge < -0.3 is 15.0 Å². The second kappa shape index (κ2) is 9.92. The molecular formula is C15H30N2O3S. The largest absolute Gasteiger partial charge is 0.444 e. The highest BCUT2D eigenvalue weighted by Gasteiger charge is 2.26. The highest BCUT2D eigenvalue weighted by molar-refractivity contribution is 7.98. The standard InChI is InChI=1S/C15H30N2O3S/c1-7-8-10-17(5)13(18)12(9-11-21-6)16-14(19)20-15(2,3)4/h12H,7-11H2,1-6H3,(H,16,19). The van der Waals surface area contributed by atoms with Crippen LogP contribution in [0.5, 0.6) is 0 Å². The summed E-state index contributed by atoms with van der Waals surface area (Å²) in [5.41, 5.74) is -0.564. The van der Waals surface area contributed by atoms with E-state index in [1.54, 1.807) is 44.5 Å². The van der Waals surface area contributed by atoms with Crippen LogP contribution in [-0.2, 0) is 9.53 Å². The minimum atomic E-state index is -0.564. The monoisotopic (exact) mass is 318 g/mol. The van der Waals surface area contributed by atoms with Crippen molar-refractivity contribution in [1.82, 2.24) is 10.2 Å². The lowest BCUT2D eigenvalue weighted by molar-refractivity contribution is -0.132. The predicted octanol–water partition coefficient (Wildman–Crippen LogP) is 2.89. The lowest BCUT2D eigenvalue weighted by atomic mass is 10.2. The van der Waals surface area contributed by atoms with Crippen LogP contribution in [0.15, 0.2) is 0 Å². The number of nitrogens with one attached hydrogen (secondary N) is 1. The Morgan fingerprint density at radius 1 is 1.33 bits per heavy atom. The normalized spacial score (nSPS) is 12.7. The fourth-order valence-electron chi connectivity index (χ4n) is 1.71. The Bertz CT molecular complexity index is 329. The maximum atomic E-state index is 12.4. The molecule has 0 saturated carbocycles. The first-order valence-corrected chi connectivity index (χ1v) is 8.84. The average molecular weight is 318 g/mol. The minimum Gasteiger partial charge on any atom is -0.444 e. The summed E-state index contributed by atoms with van der Waals surface area (Å²) in [6, 6.07) is -0.519. The molecule has 0 rings (SSSR count). The number of unbranched alkanes of at least 4 members (excludes halogenated alkanes) is 1. The summed E-state index contributed by atoms with van der Waals surface area (Å²) < 4.78 is 5.23. The quantitative estimate of drug-likeness (QED) is 0.747. The van der Waals surface area contributed by atoms with Gasteiger partial charge in [-0.25, -0.2) is 4.79 Å². The molecule has 0 saturated heterocycles. The number of nitrogens with zero attached hydrogens (tertiary/aromatic N) is 1. The fourth-order valence-corrected chi connectivity index (χ4v) is 2.19. The molecule has 0 aliphatic carbocycles. The van der Waals surface area contributed by atoms with E-state index in [0.29, 0.717) is 13.0 Å².